The molecule has 1 aromatic rings. The van der Waals surface area contributed by atoms with Crippen molar-refractivity contribution in [2.75, 3.05) is 6.54 Å². The van der Waals surface area contributed by atoms with Gasteiger partial charge in [0, 0.05) is 17.7 Å². The first-order chi connectivity index (χ1) is 7.65. The normalized spacial score (nSPS) is 10.1. The van der Waals surface area contributed by atoms with Gasteiger partial charge in [-0.1, -0.05) is 6.08 Å². The Bertz CT molecular complexity index is 391. The molecule has 1 aromatic carbocycles. The van der Waals surface area contributed by atoms with Gasteiger partial charge in [0.05, 0.1) is 0 Å². The van der Waals surface area contributed by atoms with Crippen molar-refractivity contribution in [1.29, 1.82) is 0 Å². The number of hydrogen-bond donors (Lipinski definition) is 2. The van der Waals surface area contributed by atoms with Crippen LogP contribution in [0.15, 0.2) is 30.9 Å². The first-order valence-corrected chi connectivity index (χ1v) is 5.05. The van der Waals surface area contributed by atoms with Gasteiger partial charge in [-0.25, -0.2) is 4.39 Å². The quantitative estimate of drug-likeness (QED) is 0.567. The standard InChI is InChI=1S/C12H15FN2O/c1-2-3-6-15-8-10-7-9(12(14)16)4-5-11(10)13/h2,4-5,7,15H,1,3,6,8H2,(H2,14,16). The van der Waals surface area contributed by atoms with Crippen LogP contribution in [0.3, 0.4) is 0 Å². The molecule has 0 spiro atoms. The summed E-state index contributed by atoms with van der Waals surface area (Å²) in [6.07, 6.45) is 2.60. The van der Waals surface area contributed by atoms with E-state index in [0.717, 1.165) is 13.0 Å². The minimum atomic E-state index is -0.549. The lowest BCUT2D eigenvalue weighted by Gasteiger charge is -2.06. The number of halogens is 1. The maximum Gasteiger partial charge on any atom is 0.248 e. The molecule has 0 saturated carbocycles. The third-order valence-electron chi connectivity index (χ3n) is 2.17. The fourth-order valence-electron chi connectivity index (χ4n) is 1.29. The molecule has 0 heterocycles. The fourth-order valence-corrected chi connectivity index (χ4v) is 1.29. The summed E-state index contributed by atoms with van der Waals surface area (Å²) in [4.78, 5) is 10.9. The zero-order chi connectivity index (χ0) is 12.0. The van der Waals surface area contributed by atoms with E-state index in [2.05, 4.69) is 11.9 Å². The van der Waals surface area contributed by atoms with Crippen molar-refractivity contribution in [2.45, 2.75) is 13.0 Å². The SMILES string of the molecule is C=CCCNCc1cc(C(N)=O)ccc1F. The second kappa shape index (κ2) is 6.02. The monoisotopic (exact) mass is 222 g/mol. The topological polar surface area (TPSA) is 55.1 Å². The molecule has 0 atom stereocenters. The summed E-state index contributed by atoms with van der Waals surface area (Å²) in [7, 11) is 0. The van der Waals surface area contributed by atoms with E-state index in [0.29, 0.717) is 17.7 Å². The number of nitrogens with one attached hydrogen (secondary N) is 1. The van der Waals surface area contributed by atoms with Crippen molar-refractivity contribution in [3.8, 4) is 0 Å². The van der Waals surface area contributed by atoms with E-state index in [9.17, 15) is 9.18 Å². The summed E-state index contributed by atoms with van der Waals surface area (Å²) >= 11 is 0. The lowest BCUT2D eigenvalue weighted by atomic mass is 10.1. The highest BCUT2D eigenvalue weighted by atomic mass is 19.1. The molecule has 0 aromatic heterocycles. The van der Waals surface area contributed by atoms with Crippen LogP contribution in [0.25, 0.3) is 0 Å². The molecular weight excluding hydrogens is 207 g/mol. The van der Waals surface area contributed by atoms with Gasteiger partial charge in [-0.05, 0) is 31.2 Å². The summed E-state index contributed by atoms with van der Waals surface area (Å²) in [5.74, 6) is -0.886. The number of nitrogens with two attached hydrogens (primary N) is 1. The van der Waals surface area contributed by atoms with Crippen molar-refractivity contribution < 1.29 is 9.18 Å². The minimum absolute atomic E-state index is 0.321. The van der Waals surface area contributed by atoms with Crippen LogP contribution in [-0.4, -0.2) is 12.5 Å². The Morgan fingerprint density at radius 2 is 2.31 bits per heavy atom. The molecule has 0 unspecified atom stereocenters. The lowest BCUT2D eigenvalue weighted by Crippen LogP contribution is -2.17. The minimum Gasteiger partial charge on any atom is -0.366 e. The Kier molecular flexibility index (Phi) is 4.66. The number of primary amides is 1. The van der Waals surface area contributed by atoms with E-state index in [1.54, 1.807) is 6.08 Å². The molecule has 0 saturated heterocycles. The average Bonchev–Trinajstić information content (AvgIpc) is 2.26. The average molecular weight is 222 g/mol. The van der Waals surface area contributed by atoms with E-state index >= 15 is 0 Å². The van der Waals surface area contributed by atoms with Crippen LogP contribution in [-0.2, 0) is 6.54 Å². The number of hydrogen-bond acceptors (Lipinski definition) is 2. The van der Waals surface area contributed by atoms with Gasteiger partial charge in [0.2, 0.25) is 5.91 Å². The van der Waals surface area contributed by atoms with Crippen LogP contribution in [0.5, 0.6) is 0 Å². The molecule has 3 nitrogen and oxygen atoms in total. The molecule has 0 bridgehead atoms. The summed E-state index contributed by atoms with van der Waals surface area (Å²) in [5, 5.41) is 3.05. The Morgan fingerprint density at radius 1 is 1.56 bits per heavy atom. The molecule has 3 N–H and O–H groups in total. The largest absolute Gasteiger partial charge is 0.366 e. The summed E-state index contributed by atoms with van der Waals surface area (Å²) in [6, 6.07) is 4.11. The highest BCUT2D eigenvalue weighted by Crippen LogP contribution is 2.10. The van der Waals surface area contributed by atoms with Crippen LogP contribution in [0.1, 0.15) is 22.3 Å². The molecule has 16 heavy (non-hydrogen) atoms. The third-order valence-corrected chi connectivity index (χ3v) is 2.17. The zero-order valence-corrected chi connectivity index (χ0v) is 9.00. The molecule has 86 valence electrons. The van der Waals surface area contributed by atoms with Crippen molar-refractivity contribution >= 4 is 5.91 Å². The highest BCUT2D eigenvalue weighted by molar-refractivity contribution is 5.92. The van der Waals surface area contributed by atoms with Crippen LogP contribution in [0.4, 0.5) is 4.39 Å². The van der Waals surface area contributed by atoms with E-state index in [-0.39, 0.29) is 5.82 Å². The second-order valence-corrected chi connectivity index (χ2v) is 3.42. The van der Waals surface area contributed by atoms with Gasteiger partial charge in [0.15, 0.2) is 0 Å². The molecule has 0 fully saturated rings. The predicted molar refractivity (Wildman–Crippen MR) is 61.4 cm³/mol. The van der Waals surface area contributed by atoms with Gasteiger partial charge in [-0.2, -0.15) is 0 Å². The molecule has 0 aliphatic carbocycles. The molecule has 0 radical (unpaired) electrons. The second-order valence-electron chi connectivity index (χ2n) is 3.42. The number of carbonyl (C=O) groups is 1. The van der Waals surface area contributed by atoms with Gasteiger partial charge >= 0.3 is 0 Å². The van der Waals surface area contributed by atoms with E-state index in [1.165, 1.54) is 18.2 Å². The summed E-state index contributed by atoms with van der Waals surface area (Å²) in [5.41, 5.74) is 5.88. The van der Waals surface area contributed by atoms with Crippen LogP contribution in [0, 0.1) is 5.82 Å². The Hall–Kier alpha value is -1.68. The van der Waals surface area contributed by atoms with Gasteiger partial charge in [-0.3, -0.25) is 4.79 Å². The van der Waals surface area contributed by atoms with E-state index in [1.807, 2.05) is 0 Å². The van der Waals surface area contributed by atoms with Crippen LogP contribution in [0.2, 0.25) is 0 Å². The number of benzene rings is 1. The third kappa shape index (κ3) is 3.47. The fraction of sp³-hybridized carbons (Fsp3) is 0.250. The summed E-state index contributed by atoms with van der Waals surface area (Å²) < 4.78 is 13.3. The maximum absolute atomic E-state index is 13.3. The Labute approximate surface area is 94.1 Å². The maximum atomic E-state index is 13.3. The van der Waals surface area contributed by atoms with Gasteiger partial charge in [0.25, 0.3) is 0 Å². The van der Waals surface area contributed by atoms with E-state index < -0.39 is 5.91 Å². The van der Waals surface area contributed by atoms with Crippen molar-refractivity contribution in [3.63, 3.8) is 0 Å². The number of amides is 1. The smallest absolute Gasteiger partial charge is 0.248 e. The first kappa shape index (κ1) is 12.4. The van der Waals surface area contributed by atoms with E-state index in [4.69, 9.17) is 5.73 Å². The zero-order valence-electron chi connectivity index (χ0n) is 9.00. The molecule has 4 heteroatoms. The van der Waals surface area contributed by atoms with Crippen molar-refractivity contribution in [3.05, 3.63) is 47.8 Å². The van der Waals surface area contributed by atoms with Crippen molar-refractivity contribution in [1.82, 2.24) is 5.32 Å². The Morgan fingerprint density at radius 3 is 2.94 bits per heavy atom. The van der Waals surface area contributed by atoms with Gasteiger partial charge < -0.3 is 11.1 Å². The molecule has 0 aliphatic rings. The van der Waals surface area contributed by atoms with Gasteiger partial charge in [0.1, 0.15) is 5.82 Å². The highest BCUT2D eigenvalue weighted by Gasteiger charge is 2.06. The number of carbonyl (C=O) groups excluding carboxylic acids is 1. The predicted octanol–water partition coefficient (Wildman–Crippen LogP) is 1.59. The van der Waals surface area contributed by atoms with Gasteiger partial charge in [-0.15, -0.1) is 6.58 Å². The summed E-state index contributed by atoms with van der Waals surface area (Å²) in [6.45, 7) is 4.69. The van der Waals surface area contributed by atoms with Crippen LogP contribution >= 0.6 is 0 Å². The molecular formula is C12H15FN2O. The van der Waals surface area contributed by atoms with Crippen LogP contribution < -0.4 is 11.1 Å². The molecule has 1 rings (SSSR count). The lowest BCUT2D eigenvalue weighted by molar-refractivity contribution is 0.1000. The molecule has 1 amide bonds. The first-order valence-electron chi connectivity index (χ1n) is 5.05. The molecule has 0 aliphatic heterocycles. The van der Waals surface area contributed by atoms with Crippen molar-refractivity contribution in [2.24, 2.45) is 5.73 Å². The number of rotatable bonds is 6. The Balaban J connectivity index is 2.66.